The van der Waals surface area contributed by atoms with Crippen LogP contribution in [0.5, 0.6) is 0 Å². The third-order valence-corrected chi connectivity index (χ3v) is 7.64. The number of aliphatic hydroxyl groups is 1. The number of allylic oxidation sites excluding steroid dienone is 5. The summed E-state index contributed by atoms with van der Waals surface area (Å²) >= 11 is 0. The van der Waals surface area contributed by atoms with Gasteiger partial charge in [-0.2, -0.15) is 5.10 Å². The SMILES string of the molecule is CC1=CC(C2CCN(CCO)CC2)=CN2CC=C(c3cc4c(C)nc(C)cn4n3)C(C)CC=C12. The molecule has 0 aromatic carbocycles. The molecule has 1 fully saturated rings. The second kappa shape index (κ2) is 9.51. The lowest BCUT2D eigenvalue weighted by atomic mass is 9.85. The van der Waals surface area contributed by atoms with Gasteiger partial charge in [0, 0.05) is 25.0 Å². The van der Waals surface area contributed by atoms with Crippen molar-refractivity contribution < 1.29 is 5.11 Å². The van der Waals surface area contributed by atoms with E-state index in [0.29, 0.717) is 11.8 Å². The van der Waals surface area contributed by atoms with Crippen molar-refractivity contribution in [1.29, 1.82) is 0 Å². The molecule has 6 nitrogen and oxygen atoms in total. The molecule has 34 heavy (non-hydrogen) atoms. The highest BCUT2D eigenvalue weighted by Crippen LogP contribution is 2.36. The fourth-order valence-electron chi connectivity index (χ4n) is 5.72. The molecule has 0 saturated carbocycles. The molecule has 1 atom stereocenters. The quantitative estimate of drug-likeness (QED) is 0.729. The Balaban J connectivity index is 1.40. The molecule has 2 aromatic heterocycles. The lowest BCUT2D eigenvalue weighted by molar-refractivity contribution is 0.156. The molecule has 0 bridgehead atoms. The molecular formula is C28H37N5O. The Hall–Kier alpha value is -2.70. The topological polar surface area (TPSA) is 56.9 Å². The summed E-state index contributed by atoms with van der Waals surface area (Å²) < 4.78 is 1.98. The molecule has 0 aliphatic carbocycles. The average Bonchev–Trinajstić information content (AvgIpc) is 3.22. The number of aromatic nitrogens is 3. The van der Waals surface area contributed by atoms with Crippen molar-refractivity contribution in [2.24, 2.45) is 11.8 Å². The number of piperidine rings is 1. The van der Waals surface area contributed by atoms with E-state index < -0.39 is 0 Å². The van der Waals surface area contributed by atoms with Crippen LogP contribution in [0, 0.1) is 25.7 Å². The number of hydrogen-bond acceptors (Lipinski definition) is 5. The van der Waals surface area contributed by atoms with Crippen LogP contribution in [-0.2, 0) is 0 Å². The number of β-amino-alcohol motifs (C(OH)–C–C–N with tert-alkyl or cyclic N) is 1. The largest absolute Gasteiger partial charge is 0.395 e. The highest BCUT2D eigenvalue weighted by molar-refractivity contribution is 5.70. The molecule has 5 rings (SSSR count). The van der Waals surface area contributed by atoms with Crippen LogP contribution in [0.4, 0.5) is 0 Å². The molecule has 3 aliphatic rings. The number of rotatable bonds is 4. The van der Waals surface area contributed by atoms with Crippen LogP contribution in [0.1, 0.15) is 50.2 Å². The second-order valence-electron chi connectivity index (χ2n) is 10.2. The molecule has 1 unspecified atom stereocenters. The monoisotopic (exact) mass is 459 g/mol. The Morgan fingerprint density at radius 1 is 1.12 bits per heavy atom. The van der Waals surface area contributed by atoms with E-state index in [-0.39, 0.29) is 6.61 Å². The van der Waals surface area contributed by atoms with Gasteiger partial charge in [0.2, 0.25) is 0 Å². The first-order valence-electron chi connectivity index (χ1n) is 12.7. The van der Waals surface area contributed by atoms with E-state index in [0.717, 1.165) is 68.0 Å². The minimum absolute atomic E-state index is 0.253. The van der Waals surface area contributed by atoms with Gasteiger partial charge in [0.25, 0.3) is 0 Å². The summed E-state index contributed by atoms with van der Waals surface area (Å²) in [4.78, 5) is 9.43. The maximum absolute atomic E-state index is 9.25. The zero-order valence-electron chi connectivity index (χ0n) is 21.0. The highest BCUT2D eigenvalue weighted by Gasteiger charge is 2.26. The van der Waals surface area contributed by atoms with Crippen LogP contribution >= 0.6 is 0 Å². The van der Waals surface area contributed by atoms with Crippen molar-refractivity contribution in [3.8, 4) is 0 Å². The first kappa shape index (κ1) is 23.1. The standard InChI is InChI=1S/C28H37N5O/c1-19-5-6-27-20(2)15-24(23-7-10-31(11-8-23)13-14-34)18-32(27)12-9-25(19)26-16-28-22(4)29-21(3)17-33(28)30-26/h6,9,15-19,23,34H,5,7-8,10-14H2,1-4H3. The maximum Gasteiger partial charge on any atom is 0.0894 e. The Kier molecular flexibility index (Phi) is 6.45. The normalized spacial score (nSPS) is 22.5. The summed E-state index contributed by atoms with van der Waals surface area (Å²) in [5.74, 6) is 0.999. The van der Waals surface area contributed by atoms with Gasteiger partial charge in [-0.1, -0.05) is 25.2 Å². The Morgan fingerprint density at radius 3 is 2.68 bits per heavy atom. The summed E-state index contributed by atoms with van der Waals surface area (Å²) in [6, 6.07) is 2.19. The zero-order chi connectivity index (χ0) is 23.8. The molecule has 0 spiro atoms. The second-order valence-corrected chi connectivity index (χ2v) is 10.2. The summed E-state index contributed by atoms with van der Waals surface area (Å²) in [6.07, 6.45) is 14.9. The molecule has 0 amide bonds. The molecule has 1 saturated heterocycles. The number of aliphatic hydroxyl groups excluding tert-OH is 1. The predicted molar refractivity (Wildman–Crippen MR) is 137 cm³/mol. The van der Waals surface area contributed by atoms with Crippen LogP contribution in [0.15, 0.2) is 53.5 Å². The molecule has 2 aromatic rings. The van der Waals surface area contributed by atoms with E-state index in [1.54, 1.807) is 0 Å². The Bertz CT molecular complexity index is 1190. The van der Waals surface area contributed by atoms with Gasteiger partial charge in [-0.3, -0.25) is 4.98 Å². The molecule has 3 aliphatic heterocycles. The number of aryl methyl sites for hydroxylation is 2. The predicted octanol–water partition coefficient (Wildman–Crippen LogP) is 4.50. The van der Waals surface area contributed by atoms with Crippen molar-refractivity contribution in [3.63, 3.8) is 0 Å². The van der Waals surface area contributed by atoms with Crippen molar-refractivity contribution in [1.82, 2.24) is 24.4 Å². The smallest absolute Gasteiger partial charge is 0.0894 e. The van der Waals surface area contributed by atoms with Gasteiger partial charge in [0.05, 0.1) is 35.4 Å². The molecule has 6 heteroatoms. The molecule has 1 N–H and O–H groups in total. The summed E-state index contributed by atoms with van der Waals surface area (Å²) in [7, 11) is 0. The van der Waals surface area contributed by atoms with Gasteiger partial charge >= 0.3 is 0 Å². The highest BCUT2D eigenvalue weighted by atomic mass is 16.3. The third kappa shape index (κ3) is 4.49. The number of likely N-dealkylation sites (tertiary alicyclic amines) is 1. The zero-order valence-corrected chi connectivity index (χ0v) is 21.0. The molecule has 0 radical (unpaired) electrons. The van der Waals surface area contributed by atoms with Crippen LogP contribution in [0.2, 0.25) is 0 Å². The van der Waals surface area contributed by atoms with E-state index in [4.69, 9.17) is 5.10 Å². The van der Waals surface area contributed by atoms with Crippen molar-refractivity contribution >= 4 is 11.1 Å². The fourth-order valence-corrected chi connectivity index (χ4v) is 5.72. The van der Waals surface area contributed by atoms with Crippen LogP contribution in [0.25, 0.3) is 11.1 Å². The number of fused-ring (bicyclic) bond motifs is 2. The van der Waals surface area contributed by atoms with Gasteiger partial charge in [-0.25, -0.2) is 4.52 Å². The summed E-state index contributed by atoms with van der Waals surface area (Å²) in [5.41, 5.74) is 9.63. The summed E-state index contributed by atoms with van der Waals surface area (Å²) in [5, 5.41) is 14.2. The maximum atomic E-state index is 9.25. The van der Waals surface area contributed by atoms with E-state index in [1.165, 1.54) is 22.4 Å². The third-order valence-electron chi connectivity index (χ3n) is 7.64. The van der Waals surface area contributed by atoms with Crippen LogP contribution in [-0.4, -0.2) is 62.3 Å². The van der Waals surface area contributed by atoms with E-state index >= 15 is 0 Å². The summed E-state index contributed by atoms with van der Waals surface area (Å²) in [6.45, 7) is 12.7. The Morgan fingerprint density at radius 2 is 1.91 bits per heavy atom. The van der Waals surface area contributed by atoms with E-state index in [9.17, 15) is 5.11 Å². The van der Waals surface area contributed by atoms with E-state index in [1.807, 2.05) is 17.6 Å². The number of nitrogens with zero attached hydrogens (tertiary/aromatic N) is 5. The van der Waals surface area contributed by atoms with Crippen LogP contribution in [0.3, 0.4) is 0 Å². The van der Waals surface area contributed by atoms with Gasteiger partial charge in [0.1, 0.15) is 0 Å². The molecule has 180 valence electrons. The lowest BCUT2D eigenvalue weighted by Crippen LogP contribution is -2.36. The first-order valence-corrected chi connectivity index (χ1v) is 12.7. The van der Waals surface area contributed by atoms with Crippen molar-refractivity contribution in [2.75, 3.05) is 32.8 Å². The minimum Gasteiger partial charge on any atom is -0.395 e. The first-order chi connectivity index (χ1) is 16.4. The van der Waals surface area contributed by atoms with Crippen molar-refractivity contribution in [3.05, 3.63) is 70.6 Å². The van der Waals surface area contributed by atoms with E-state index in [2.05, 4.69) is 66.0 Å². The average molecular weight is 460 g/mol. The fraction of sp³-hybridized carbons (Fsp3) is 0.500. The van der Waals surface area contributed by atoms with Gasteiger partial charge in [-0.15, -0.1) is 0 Å². The van der Waals surface area contributed by atoms with Gasteiger partial charge in [-0.05, 0) is 87.7 Å². The minimum atomic E-state index is 0.253. The van der Waals surface area contributed by atoms with Gasteiger partial charge in [0.15, 0.2) is 0 Å². The number of hydrogen-bond donors (Lipinski definition) is 1. The molecule has 5 heterocycles. The van der Waals surface area contributed by atoms with Crippen LogP contribution < -0.4 is 0 Å². The molecular weight excluding hydrogens is 422 g/mol. The van der Waals surface area contributed by atoms with Crippen molar-refractivity contribution in [2.45, 2.75) is 47.0 Å². The lowest BCUT2D eigenvalue weighted by Gasteiger charge is -2.36. The van der Waals surface area contributed by atoms with Gasteiger partial charge < -0.3 is 14.9 Å². The Labute approximate surface area is 203 Å².